The smallest absolute Gasteiger partial charge is 0.124 e. The SMILES string of the molecule is C[N+]1(CCCNc2ccc(N)cc2)CCN(CCCNc2ccc(N)cc2)CC1.Cc1ccc(S(=O)(=O)[O-])cc1. The first-order valence-electron chi connectivity index (χ1n) is 13.8. The van der Waals surface area contributed by atoms with Gasteiger partial charge in [0.2, 0.25) is 0 Å². The third-order valence-electron chi connectivity index (χ3n) is 7.23. The van der Waals surface area contributed by atoms with Crippen molar-refractivity contribution in [3.05, 3.63) is 78.4 Å². The van der Waals surface area contributed by atoms with E-state index in [0.29, 0.717) is 0 Å². The van der Waals surface area contributed by atoms with Gasteiger partial charge in [-0.3, -0.25) is 4.90 Å². The topological polar surface area (TPSA) is 137 Å². The van der Waals surface area contributed by atoms with Crippen LogP contribution in [0.15, 0.2) is 77.7 Å². The van der Waals surface area contributed by atoms with Gasteiger partial charge in [0.1, 0.15) is 10.1 Å². The Morgan fingerprint density at radius 3 is 1.75 bits per heavy atom. The Bertz CT molecular complexity index is 1260. The molecule has 40 heavy (non-hydrogen) atoms. The van der Waals surface area contributed by atoms with Crippen molar-refractivity contribution in [1.82, 2.24) is 4.90 Å². The Kier molecular flexibility index (Phi) is 11.6. The Labute approximate surface area is 239 Å². The van der Waals surface area contributed by atoms with Crippen molar-refractivity contribution in [2.45, 2.75) is 24.7 Å². The van der Waals surface area contributed by atoms with Crippen LogP contribution in [0.4, 0.5) is 22.7 Å². The van der Waals surface area contributed by atoms with Crippen molar-refractivity contribution < 1.29 is 17.5 Å². The molecule has 10 heteroatoms. The third kappa shape index (κ3) is 11.1. The fourth-order valence-electron chi connectivity index (χ4n) is 4.57. The fourth-order valence-corrected chi connectivity index (χ4v) is 5.04. The molecule has 1 aliphatic heterocycles. The summed E-state index contributed by atoms with van der Waals surface area (Å²) >= 11 is 0. The molecule has 9 nitrogen and oxygen atoms in total. The van der Waals surface area contributed by atoms with Crippen LogP contribution >= 0.6 is 0 Å². The predicted molar refractivity (Wildman–Crippen MR) is 164 cm³/mol. The number of piperazine rings is 1. The fraction of sp³-hybridized carbons (Fsp3) is 0.400. The first-order valence-corrected chi connectivity index (χ1v) is 15.2. The molecule has 0 amide bonds. The van der Waals surface area contributed by atoms with E-state index in [4.69, 9.17) is 11.5 Å². The molecule has 3 aromatic rings. The van der Waals surface area contributed by atoms with Crippen LogP contribution in [0.5, 0.6) is 0 Å². The van der Waals surface area contributed by atoms with Gasteiger partial charge in [0.25, 0.3) is 0 Å². The molecule has 0 aliphatic carbocycles. The maximum absolute atomic E-state index is 10.4. The number of nitrogens with one attached hydrogen (secondary N) is 2. The molecule has 0 spiro atoms. The number of nitrogens with zero attached hydrogens (tertiary/aromatic N) is 2. The summed E-state index contributed by atoms with van der Waals surface area (Å²) in [5, 5.41) is 6.98. The summed E-state index contributed by atoms with van der Waals surface area (Å²) in [5.41, 5.74) is 16.3. The Balaban J connectivity index is 0.000000336. The van der Waals surface area contributed by atoms with Crippen molar-refractivity contribution in [3.8, 4) is 0 Å². The minimum atomic E-state index is -4.27. The average Bonchev–Trinajstić information content (AvgIpc) is 2.92. The highest BCUT2D eigenvalue weighted by Gasteiger charge is 2.27. The van der Waals surface area contributed by atoms with E-state index in [1.165, 1.54) is 68.7 Å². The molecule has 6 N–H and O–H groups in total. The molecule has 0 aromatic heterocycles. The summed E-state index contributed by atoms with van der Waals surface area (Å²) in [5.74, 6) is 0. The molecule has 0 radical (unpaired) electrons. The van der Waals surface area contributed by atoms with E-state index < -0.39 is 10.1 Å². The minimum Gasteiger partial charge on any atom is -0.744 e. The number of quaternary nitrogens is 1. The number of nitrogens with two attached hydrogens (primary N) is 2. The van der Waals surface area contributed by atoms with Gasteiger partial charge in [-0.1, -0.05) is 17.7 Å². The normalized spacial score (nSPS) is 15.1. The molecule has 0 saturated carbocycles. The number of likely N-dealkylation sites (N-methyl/N-ethyl adjacent to an activating group) is 1. The number of nitrogen functional groups attached to an aromatic ring is 2. The van der Waals surface area contributed by atoms with Gasteiger partial charge >= 0.3 is 0 Å². The molecular formula is C30H44N6O3S. The maximum Gasteiger partial charge on any atom is 0.124 e. The van der Waals surface area contributed by atoms with Crippen molar-refractivity contribution in [2.75, 3.05) is 81.5 Å². The van der Waals surface area contributed by atoms with E-state index in [1.54, 1.807) is 12.1 Å². The molecule has 3 aromatic carbocycles. The van der Waals surface area contributed by atoms with Gasteiger partial charge in [-0.05, 0) is 74.0 Å². The molecule has 1 heterocycles. The second-order valence-corrected chi connectivity index (χ2v) is 12.1. The summed E-state index contributed by atoms with van der Waals surface area (Å²) in [4.78, 5) is 2.43. The number of aryl methyl sites for hydroxylation is 1. The van der Waals surface area contributed by atoms with Crippen LogP contribution in [0, 0.1) is 6.92 Å². The molecule has 0 unspecified atom stereocenters. The van der Waals surface area contributed by atoms with Crippen LogP contribution in [-0.4, -0.2) is 81.8 Å². The van der Waals surface area contributed by atoms with Gasteiger partial charge in [0, 0.05) is 61.9 Å². The largest absolute Gasteiger partial charge is 0.744 e. The predicted octanol–water partition coefficient (Wildman–Crippen LogP) is 3.82. The van der Waals surface area contributed by atoms with Gasteiger partial charge in [-0.2, -0.15) is 0 Å². The van der Waals surface area contributed by atoms with Crippen LogP contribution in [0.25, 0.3) is 0 Å². The van der Waals surface area contributed by atoms with Crippen LogP contribution in [0.1, 0.15) is 18.4 Å². The standard InChI is InChI=1S/C23H37N6.C7H8O3S/c1-29(17-3-13-27-23-10-6-21(25)7-11-23)18-15-28(16-19-29)14-2-12-26-22-8-4-20(24)5-9-22;1-6-2-4-7(5-3-6)11(8,9)10/h4-11,26-27H,2-3,12-19,24-25H2,1H3;2-5H,1H3,(H,8,9,10)/q+1;/p-1. The Hall–Kier alpha value is -3.31. The van der Waals surface area contributed by atoms with Crippen molar-refractivity contribution in [3.63, 3.8) is 0 Å². The second kappa shape index (κ2) is 14.9. The van der Waals surface area contributed by atoms with E-state index in [2.05, 4.69) is 22.6 Å². The number of benzene rings is 3. The first kappa shape index (κ1) is 31.2. The summed E-state index contributed by atoms with van der Waals surface area (Å²) in [6, 6.07) is 21.7. The Morgan fingerprint density at radius 1 is 0.800 bits per heavy atom. The van der Waals surface area contributed by atoms with Gasteiger partial charge in [-0.25, -0.2) is 8.42 Å². The lowest BCUT2D eigenvalue weighted by atomic mass is 10.2. The van der Waals surface area contributed by atoms with Crippen molar-refractivity contribution >= 4 is 32.9 Å². The third-order valence-corrected chi connectivity index (χ3v) is 8.08. The van der Waals surface area contributed by atoms with E-state index in [0.717, 1.165) is 41.4 Å². The summed E-state index contributed by atoms with van der Waals surface area (Å²) < 4.78 is 32.3. The van der Waals surface area contributed by atoms with Gasteiger partial charge in [0.05, 0.1) is 31.6 Å². The number of hydrogen-bond acceptors (Lipinski definition) is 8. The monoisotopic (exact) mass is 568 g/mol. The number of anilines is 4. The zero-order valence-corrected chi connectivity index (χ0v) is 24.5. The van der Waals surface area contributed by atoms with Gasteiger partial charge < -0.3 is 31.1 Å². The average molecular weight is 569 g/mol. The molecule has 1 aliphatic rings. The zero-order chi connectivity index (χ0) is 29.0. The van der Waals surface area contributed by atoms with Gasteiger partial charge in [-0.15, -0.1) is 0 Å². The van der Waals surface area contributed by atoms with E-state index >= 15 is 0 Å². The van der Waals surface area contributed by atoms with Crippen LogP contribution in [0.3, 0.4) is 0 Å². The van der Waals surface area contributed by atoms with Crippen LogP contribution < -0.4 is 22.1 Å². The molecule has 0 bridgehead atoms. The lowest BCUT2D eigenvalue weighted by Crippen LogP contribution is -2.57. The molecular weight excluding hydrogens is 524 g/mol. The number of hydrogen-bond donors (Lipinski definition) is 4. The number of rotatable bonds is 11. The first-order chi connectivity index (χ1) is 19.0. The minimum absolute atomic E-state index is 0.178. The van der Waals surface area contributed by atoms with Crippen molar-refractivity contribution in [1.29, 1.82) is 0 Å². The summed E-state index contributed by atoms with van der Waals surface area (Å²) in [6.07, 6.45) is 2.35. The highest BCUT2D eigenvalue weighted by atomic mass is 32.2. The van der Waals surface area contributed by atoms with E-state index in [1.807, 2.05) is 55.5 Å². The molecule has 4 rings (SSSR count). The van der Waals surface area contributed by atoms with E-state index in [-0.39, 0.29) is 4.90 Å². The summed E-state index contributed by atoms with van der Waals surface area (Å²) in [6.45, 7) is 11.1. The quantitative estimate of drug-likeness (QED) is 0.119. The van der Waals surface area contributed by atoms with Crippen LogP contribution in [-0.2, 0) is 10.1 Å². The lowest BCUT2D eigenvalue weighted by Gasteiger charge is -2.42. The molecule has 1 fully saturated rings. The Morgan fingerprint density at radius 2 is 1.27 bits per heavy atom. The lowest BCUT2D eigenvalue weighted by molar-refractivity contribution is -0.913. The highest BCUT2D eigenvalue weighted by molar-refractivity contribution is 7.85. The molecule has 218 valence electrons. The van der Waals surface area contributed by atoms with Crippen LogP contribution in [0.2, 0.25) is 0 Å². The maximum atomic E-state index is 10.4. The zero-order valence-electron chi connectivity index (χ0n) is 23.7. The van der Waals surface area contributed by atoms with E-state index in [9.17, 15) is 13.0 Å². The molecule has 1 saturated heterocycles. The van der Waals surface area contributed by atoms with Crippen molar-refractivity contribution in [2.24, 2.45) is 0 Å². The second-order valence-electron chi connectivity index (χ2n) is 10.7. The van der Waals surface area contributed by atoms with Gasteiger partial charge in [0.15, 0.2) is 0 Å². The highest BCUT2D eigenvalue weighted by Crippen LogP contribution is 2.14. The molecule has 0 atom stereocenters. The summed E-state index contributed by atoms with van der Waals surface area (Å²) in [7, 11) is -1.86.